The van der Waals surface area contributed by atoms with Crippen molar-refractivity contribution >= 4 is 66.3 Å². The Balaban J connectivity index is 0.00000200. The molecule has 2 rings (SSSR count). The molecule has 0 saturated heterocycles. The quantitative estimate of drug-likeness (QED) is 0.416. The molecular weight excluding hydrogens is 317 g/mol. The van der Waals surface area contributed by atoms with Gasteiger partial charge in [0.05, 0.1) is 4.90 Å². The Morgan fingerprint density at radius 3 is 2.05 bits per heavy atom. The van der Waals surface area contributed by atoms with E-state index in [2.05, 4.69) is 0 Å². The van der Waals surface area contributed by atoms with Gasteiger partial charge in [0.2, 0.25) is 0 Å². The molecule has 0 aliphatic rings. The van der Waals surface area contributed by atoms with Gasteiger partial charge in [0.15, 0.2) is 0 Å². The van der Waals surface area contributed by atoms with E-state index in [9.17, 15) is 16.8 Å². The van der Waals surface area contributed by atoms with Crippen molar-refractivity contribution in [1.29, 1.82) is 0 Å². The summed E-state index contributed by atoms with van der Waals surface area (Å²) in [6.45, 7) is 0. The fraction of sp³-hybridized carbons (Fsp3) is 0. The largest absolute Gasteiger partial charge is 0.398 e. The summed E-state index contributed by atoms with van der Waals surface area (Å²) in [6, 6.07) is 5.86. The summed E-state index contributed by atoms with van der Waals surface area (Å²) in [5.74, 6) is 0. The van der Waals surface area contributed by atoms with E-state index in [-0.39, 0.29) is 46.0 Å². The Bertz CT molecular complexity index is 876. The van der Waals surface area contributed by atoms with Gasteiger partial charge in [0, 0.05) is 40.6 Å². The molecule has 2 aromatic carbocycles. The zero-order chi connectivity index (χ0) is 14.4. The third-order valence-electron chi connectivity index (χ3n) is 2.52. The molecule has 0 bridgehead atoms. The number of fused-ring (bicyclic) bond motifs is 1. The minimum atomic E-state index is -4.49. The molecule has 7 nitrogen and oxygen atoms in total. The predicted octanol–water partition coefficient (Wildman–Crippen LogP) is 0.535. The normalized spacial score (nSPS) is 12.1. The van der Waals surface area contributed by atoms with Gasteiger partial charge < -0.3 is 5.73 Å². The number of nitrogens with two attached hydrogens (primary N) is 1. The number of rotatable bonds is 2. The molecule has 0 fully saturated rings. The summed E-state index contributed by atoms with van der Waals surface area (Å²) in [5.41, 5.74) is 5.42. The van der Waals surface area contributed by atoms with Crippen LogP contribution in [0.1, 0.15) is 0 Å². The molecule has 0 aliphatic carbocycles. The molecule has 10 heteroatoms. The summed E-state index contributed by atoms with van der Waals surface area (Å²) >= 11 is 0. The fourth-order valence-corrected chi connectivity index (χ4v) is 3.06. The van der Waals surface area contributed by atoms with Gasteiger partial charge in [-0.05, 0) is 23.6 Å². The van der Waals surface area contributed by atoms with E-state index in [0.29, 0.717) is 0 Å². The molecule has 0 amide bonds. The average Bonchev–Trinajstić information content (AvgIpc) is 2.25. The van der Waals surface area contributed by atoms with Crippen LogP contribution >= 0.6 is 0 Å². The number of hydrogen-bond donors (Lipinski definition) is 3. The van der Waals surface area contributed by atoms with Gasteiger partial charge in [-0.2, -0.15) is 16.8 Å². The maximum atomic E-state index is 11.2. The summed E-state index contributed by atoms with van der Waals surface area (Å²) in [5, 5.41) is 0.167. The van der Waals surface area contributed by atoms with Crippen molar-refractivity contribution in [2.24, 2.45) is 0 Å². The van der Waals surface area contributed by atoms with E-state index in [4.69, 9.17) is 14.8 Å². The molecule has 0 unspecified atom stereocenters. The van der Waals surface area contributed by atoms with Crippen LogP contribution in [-0.2, 0) is 20.2 Å². The van der Waals surface area contributed by atoms with Crippen LogP contribution in [-0.4, -0.2) is 55.5 Å². The molecular formula is C10H9NNaO6S2. The standard InChI is InChI=1S/C10H9NO6S2.Na/c11-8-5-7(18(12,13)14)4-6-2-1-3-9(10(6)8)19(15,16)17;/h1-5H,11H2,(H,12,13,14)(H,15,16,17);. The van der Waals surface area contributed by atoms with E-state index in [0.717, 1.165) is 18.2 Å². The summed E-state index contributed by atoms with van der Waals surface area (Å²) < 4.78 is 62.6. The van der Waals surface area contributed by atoms with Crippen LogP contribution in [0.5, 0.6) is 0 Å². The van der Waals surface area contributed by atoms with Gasteiger partial charge in [-0.25, -0.2) is 0 Å². The first-order chi connectivity index (χ1) is 8.60. The number of nitrogen functional groups attached to an aromatic ring is 1. The van der Waals surface area contributed by atoms with Gasteiger partial charge in [0.25, 0.3) is 20.2 Å². The van der Waals surface area contributed by atoms with Gasteiger partial charge in [-0.1, -0.05) is 12.1 Å². The maximum Gasteiger partial charge on any atom is 0.295 e. The first-order valence-electron chi connectivity index (χ1n) is 4.88. The van der Waals surface area contributed by atoms with E-state index < -0.39 is 30.0 Å². The second-order valence-corrected chi connectivity index (χ2v) is 6.63. The van der Waals surface area contributed by atoms with Gasteiger partial charge in [-0.3, -0.25) is 9.11 Å². The van der Waals surface area contributed by atoms with Crippen LogP contribution in [0.15, 0.2) is 40.1 Å². The van der Waals surface area contributed by atoms with Crippen LogP contribution in [0, 0.1) is 0 Å². The Morgan fingerprint density at radius 2 is 1.55 bits per heavy atom. The second-order valence-electron chi connectivity index (χ2n) is 3.82. The van der Waals surface area contributed by atoms with Gasteiger partial charge in [-0.15, -0.1) is 0 Å². The maximum absolute atomic E-state index is 11.2. The third-order valence-corrected chi connectivity index (χ3v) is 4.25. The molecule has 1 radical (unpaired) electrons. The Hall–Kier alpha value is -0.680. The topological polar surface area (TPSA) is 135 Å². The molecule has 0 atom stereocenters. The van der Waals surface area contributed by atoms with Crippen LogP contribution in [0.2, 0.25) is 0 Å². The summed E-state index contributed by atoms with van der Waals surface area (Å²) in [7, 11) is -8.95. The van der Waals surface area contributed by atoms with Crippen molar-refractivity contribution in [3.8, 4) is 0 Å². The number of anilines is 1. The molecule has 0 spiro atoms. The molecule has 2 aromatic rings. The predicted molar refractivity (Wildman–Crippen MR) is 73.7 cm³/mol. The molecule has 0 saturated carbocycles. The van der Waals surface area contributed by atoms with Crippen LogP contribution < -0.4 is 5.73 Å². The molecule has 20 heavy (non-hydrogen) atoms. The molecule has 0 aromatic heterocycles. The number of benzene rings is 2. The third kappa shape index (κ3) is 3.31. The van der Waals surface area contributed by atoms with Crippen molar-refractivity contribution in [2.75, 3.05) is 5.73 Å². The van der Waals surface area contributed by atoms with Crippen molar-refractivity contribution < 1.29 is 25.9 Å². The van der Waals surface area contributed by atoms with E-state index in [1.165, 1.54) is 12.1 Å². The summed E-state index contributed by atoms with van der Waals surface area (Å²) in [4.78, 5) is -0.880. The van der Waals surface area contributed by atoms with Crippen molar-refractivity contribution in [1.82, 2.24) is 0 Å². The average molecular weight is 326 g/mol. The molecule has 0 aliphatic heterocycles. The van der Waals surface area contributed by atoms with Crippen LogP contribution in [0.25, 0.3) is 10.8 Å². The molecule has 0 heterocycles. The first-order valence-corrected chi connectivity index (χ1v) is 7.76. The van der Waals surface area contributed by atoms with Crippen LogP contribution in [0.3, 0.4) is 0 Å². The Morgan fingerprint density at radius 1 is 0.950 bits per heavy atom. The Labute approximate surface area is 137 Å². The Kier molecular flexibility index (Phi) is 4.87. The van der Waals surface area contributed by atoms with Crippen LogP contribution in [0.4, 0.5) is 5.69 Å². The van der Waals surface area contributed by atoms with Crippen molar-refractivity contribution in [3.63, 3.8) is 0 Å². The number of hydrogen-bond acceptors (Lipinski definition) is 5. The van der Waals surface area contributed by atoms with E-state index in [1.54, 1.807) is 0 Å². The van der Waals surface area contributed by atoms with E-state index in [1.807, 2.05) is 0 Å². The zero-order valence-corrected chi connectivity index (χ0v) is 13.9. The molecule has 4 N–H and O–H groups in total. The SMILES string of the molecule is Nc1cc(S(=O)(=O)O)cc2cccc(S(=O)(=O)O)c12.[Na]. The summed E-state index contributed by atoms with van der Waals surface area (Å²) in [6.07, 6.45) is 0. The minimum Gasteiger partial charge on any atom is -0.398 e. The monoisotopic (exact) mass is 326 g/mol. The minimum absolute atomic E-state index is 0. The zero-order valence-electron chi connectivity index (χ0n) is 10.3. The second kappa shape index (κ2) is 5.60. The van der Waals surface area contributed by atoms with Crippen molar-refractivity contribution in [3.05, 3.63) is 30.3 Å². The van der Waals surface area contributed by atoms with Crippen molar-refractivity contribution in [2.45, 2.75) is 9.79 Å². The van der Waals surface area contributed by atoms with Gasteiger partial charge >= 0.3 is 0 Å². The van der Waals surface area contributed by atoms with E-state index >= 15 is 0 Å². The fourth-order valence-electron chi connectivity index (χ4n) is 1.76. The molecule has 103 valence electrons. The first kappa shape index (κ1) is 17.4. The smallest absolute Gasteiger partial charge is 0.295 e. The van der Waals surface area contributed by atoms with Gasteiger partial charge in [0.1, 0.15) is 4.90 Å².